The van der Waals surface area contributed by atoms with Gasteiger partial charge in [0.15, 0.2) is 0 Å². The van der Waals surface area contributed by atoms with Crippen LogP contribution in [0.5, 0.6) is 0 Å². The summed E-state index contributed by atoms with van der Waals surface area (Å²) in [6.45, 7) is 2.32. The maximum atomic E-state index is 9.29. The second-order valence-corrected chi connectivity index (χ2v) is 4.58. The number of rotatable bonds is 5. The van der Waals surface area contributed by atoms with Crippen molar-refractivity contribution in [1.29, 1.82) is 0 Å². The van der Waals surface area contributed by atoms with Crippen molar-refractivity contribution < 1.29 is 5.11 Å². The lowest BCUT2D eigenvalue weighted by Crippen LogP contribution is -2.27. The van der Waals surface area contributed by atoms with Crippen LogP contribution < -0.4 is 5.32 Å². The van der Waals surface area contributed by atoms with Crippen LogP contribution in [0.4, 0.5) is 0 Å². The zero-order chi connectivity index (χ0) is 11.3. The first-order valence-corrected chi connectivity index (χ1v) is 6.05. The smallest absolute Gasteiger partial charge is 0.0477 e. The van der Waals surface area contributed by atoms with Gasteiger partial charge in [0.2, 0.25) is 0 Å². The summed E-state index contributed by atoms with van der Waals surface area (Å²) in [5, 5.41) is 12.6. The average molecular weight is 272 g/mol. The summed E-state index contributed by atoms with van der Waals surface area (Å²) in [7, 11) is 1.94. The third kappa shape index (κ3) is 3.30. The fourth-order valence-electron chi connectivity index (χ4n) is 1.81. The minimum Gasteiger partial charge on any atom is -0.396 e. The Hall–Kier alpha value is -0.380. The van der Waals surface area contributed by atoms with Crippen LogP contribution in [0.3, 0.4) is 0 Å². The highest BCUT2D eigenvalue weighted by molar-refractivity contribution is 9.10. The number of halogens is 1. The standard InChI is InChI=1S/C12H18BrNO/c1-3-9(8-15)12(14-2)10-4-6-11(13)7-5-10/h4-7,9,12,14-15H,3,8H2,1-2H3. The number of nitrogens with one attached hydrogen (secondary N) is 1. The summed E-state index contributed by atoms with van der Waals surface area (Å²) in [6.07, 6.45) is 0.970. The summed E-state index contributed by atoms with van der Waals surface area (Å²) < 4.78 is 1.08. The molecule has 15 heavy (non-hydrogen) atoms. The second kappa shape index (κ2) is 6.26. The molecular formula is C12H18BrNO. The molecule has 0 aliphatic rings. The van der Waals surface area contributed by atoms with E-state index in [2.05, 4.69) is 40.3 Å². The molecule has 2 unspecified atom stereocenters. The van der Waals surface area contributed by atoms with Gasteiger partial charge in [-0.05, 0) is 31.2 Å². The van der Waals surface area contributed by atoms with Gasteiger partial charge in [-0.2, -0.15) is 0 Å². The lowest BCUT2D eigenvalue weighted by Gasteiger charge is -2.24. The van der Waals surface area contributed by atoms with Gasteiger partial charge in [-0.15, -0.1) is 0 Å². The second-order valence-electron chi connectivity index (χ2n) is 3.67. The first-order chi connectivity index (χ1) is 7.22. The Balaban J connectivity index is 2.86. The maximum absolute atomic E-state index is 9.29. The van der Waals surface area contributed by atoms with Gasteiger partial charge in [-0.25, -0.2) is 0 Å². The van der Waals surface area contributed by atoms with Crippen LogP contribution in [-0.4, -0.2) is 18.8 Å². The summed E-state index contributed by atoms with van der Waals surface area (Å²) in [6, 6.07) is 8.47. The van der Waals surface area contributed by atoms with E-state index < -0.39 is 0 Å². The van der Waals surface area contributed by atoms with Crippen molar-refractivity contribution in [2.24, 2.45) is 5.92 Å². The Morgan fingerprint density at radius 2 is 1.93 bits per heavy atom. The van der Waals surface area contributed by atoms with Crippen molar-refractivity contribution >= 4 is 15.9 Å². The van der Waals surface area contributed by atoms with Crippen LogP contribution in [0, 0.1) is 5.92 Å². The normalized spacial score (nSPS) is 14.9. The van der Waals surface area contributed by atoms with Gasteiger partial charge in [-0.3, -0.25) is 0 Å². The molecule has 84 valence electrons. The number of aliphatic hydroxyl groups is 1. The third-order valence-corrected chi connectivity index (χ3v) is 3.30. The Morgan fingerprint density at radius 1 is 1.33 bits per heavy atom. The van der Waals surface area contributed by atoms with E-state index >= 15 is 0 Å². The summed E-state index contributed by atoms with van der Waals surface area (Å²) in [5.74, 6) is 0.274. The van der Waals surface area contributed by atoms with E-state index in [0.717, 1.165) is 10.9 Å². The predicted octanol–water partition coefficient (Wildman–Crippen LogP) is 2.73. The van der Waals surface area contributed by atoms with Crippen molar-refractivity contribution in [2.45, 2.75) is 19.4 Å². The number of hydrogen-bond donors (Lipinski definition) is 2. The highest BCUT2D eigenvalue weighted by atomic mass is 79.9. The fourth-order valence-corrected chi connectivity index (χ4v) is 2.08. The van der Waals surface area contributed by atoms with Crippen LogP contribution in [0.15, 0.2) is 28.7 Å². The zero-order valence-electron chi connectivity index (χ0n) is 9.20. The molecule has 0 amide bonds. The zero-order valence-corrected chi connectivity index (χ0v) is 10.8. The van der Waals surface area contributed by atoms with Crippen LogP contribution in [0.25, 0.3) is 0 Å². The van der Waals surface area contributed by atoms with Gasteiger partial charge in [-0.1, -0.05) is 35.0 Å². The van der Waals surface area contributed by atoms with E-state index in [1.165, 1.54) is 5.56 Å². The lowest BCUT2D eigenvalue weighted by molar-refractivity contribution is 0.189. The molecule has 1 rings (SSSR count). The monoisotopic (exact) mass is 271 g/mol. The van der Waals surface area contributed by atoms with Crippen LogP contribution in [0.1, 0.15) is 24.9 Å². The van der Waals surface area contributed by atoms with E-state index in [0.29, 0.717) is 0 Å². The fraction of sp³-hybridized carbons (Fsp3) is 0.500. The molecule has 2 atom stereocenters. The Morgan fingerprint density at radius 3 is 2.33 bits per heavy atom. The Kier molecular flexibility index (Phi) is 5.29. The number of hydrogen-bond acceptors (Lipinski definition) is 2. The molecule has 0 bridgehead atoms. The summed E-state index contributed by atoms with van der Waals surface area (Å²) in [5.41, 5.74) is 1.22. The molecule has 0 radical (unpaired) electrons. The number of aliphatic hydroxyl groups excluding tert-OH is 1. The highest BCUT2D eigenvalue weighted by Gasteiger charge is 2.18. The molecular weight excluding hydrogens is 254 g/mol. The molecule has 0 aliphatic carbocycles. The topological polar surface area (TPSA) is 32.3 Å². The van der Waals surface area contributed by atoms with E-state index in [4.69, 9.17) is 0 Å². The van der Waals surface area contributed by atoms with Crippen molar-refractivity contribution in [3.05, 3.63) is 34.3 Å². The van der Waals surface area contributed by atoms with E-state index in [1.54, 1.807) is 0 Å². The van der Waals surface area contributed by atoms with E-state index in [9.17, 15) is 5.11 Å². The Labute approximate surface area is 99.8 Å². The molecule has 3 heteroatoms. The highest BCUT2D eigenvalue weighted by Crippen LogP contribution is 2.25. The van der Waals surface area contributed by atoms with Crippen LogP contribution >= 0.6 is 15.9 Å². The van der Waals surface area contributed by atoms with Crippen molar-refractivity contribution in [2.75, 3.05) is 13.7 Å². The lowest BCUT2D eigenvalue weighted by atomic mass is 9.92. The predicted molar refractivity (Wildman–Crippen MR) is 66.8 cm³/mol. The average Bonchev–Trinajstić information content (AvgIpc) is 2.27. The molecule has 0 saturated carbocycles. The summed E-state index contributed by atoms with van der Waals surface area (Å²) in [4.78, 5) is 0. The molecule has 2 N–H and O–H groups in total. The van der Waals surface area contributed by atoms with Gasteiger partial charge in [0, 0.05) is 23.0 Å². The van der Waals surface area contributed by atoms with Gasteiger partial charge >= 0.3 is 0 Å². The first kappa shape index (κ1) is 12.7. The minimum absolute atomic E-state index is 0.220. The molecule has 0 fully saturated rings. The van der Waals surface area contributed by atoms with Crippen LogP contribution in [-0.2, 0) is 0 Å². The van der Waals surface area contributed by atoms with Crippen molar-refractivity contribution in [3.8, 4) is 0 Å². The molecule has 0 aliphatic heterocycles. The van der Waals surface area contributed by atoms with E-state index in [-0.39, 0.29) is 18.6 Å². The third-order valence-electron chi connectivity index (χ3n) is 2.77. The molecule has 1 aromatic carbocycles. The van der Waals surface area contributed by atoms with Gasteiger partial charge in [0.05, 0.1) is 0 Å². The Bertz CT molecular complexity index is 282. The molecule has 1 aromatic rings. The largest absolute Gasteiger partial charge is 0.396 e. The maximum Gasteiger partial charge on any atom is 0.0477 e. The van der Waals surface area contributed by atoms with Crippen LogP contribution in [0.2, 0.25) is 0 Å². The molecule has 0 heterocycles. The molecule has 2 nitrogen and oxygen atoms in total. The van der Waals surface area contributed by atoms with E-state index in [1.807, 2.05) is 19.2 Å². The quantitative estimate of drug-likeness (QED) is 0.863. The molecule has 0 spiro atoms. The summed E-state index contributed by atoms with van der Waals surface area (Å²) >= 11 is 3.42. The number of benzene rings is 1. The SMILES string of the molecule is CCC(CO)C(NC)c1ccc(Br)cc1. The van der Waals surface area contributed by atoms with Gasteiger partial charge in [0.1, 0.15) is 0 Å². The molecule has 0 saturated heterocycles. The van der Waals surface area contributed by atoms with Crippen molar-refractivity contribution in [1.82, 2.24) is 5.32 Å². The first-order valence-electron chi connectivity index (χ1n) is 5.26. The van der Waals surface area contributed by atoms with Gasteiger partial charge in [0.25, 0.3) is 0 Å². The molecule has 0 aromatic heterocycles. The van der Waals surface area contributed by atoms with Crippen molar-refractivity contribution in [3.63, 3.8) is 0 Å². The minimum atomic E-state index is 0.220. The van der Waals surface area contributed by atoms with Gasteiger partial charge < -0.3 is 10.4 Å².